The highest BCUT2D eigenvalue weighted by Gasteiger charge is 2.29. The number of halogens is 1. The standard InChI is InChI=1S/C22H27BrN2O2/c1-3-14-24-22(27)20(15-17-8-6-5-7-9-17)25(21(26)4-2)16-18-10-12-19(23)13-11-18/h5-13,20H,3-4,14-16H2,1-2H3,(H,24,27)/t20-/m1/s1. The first-order chi connectivity index (χ1) is 13.0. The third kappa shape index (κ3) is 6.51. The molecular weight excluding hydrogens is 404 g/mol. The lowest BCUT2D eigenvalue weighted by Crippen LogP contribution is -2.50. The fourth-order valence-electron chi connectivity index (χ4n) is 2.91. The molecule has 5 heteroatoms. The van der Waals surface area contributed by atoms with Gasteiger partial charge in [-0.25, -0.2) is 0 Å². The quantitative estimate of drug-likeness (QED) is 0.643. The van der Waals surface area contributed by atoms with E-state index in [1.54, 1.807) is 4.90 Å². The summed E-state index contributed by atoms with van der Waals surface area (Å²) >= 11 is 3.43. The van der Waals surface area contributed by atoms with Gasteiger partial charge in [-0.15, -0.1) is 0 Å². The third-order valence-electron chi connectivity index (χ3n) is 4.39. The highest BCUT2D eigenvalue weighted by molar-refractivity contribution is 9.10. The number of carbonyl (C=O) groups is 2. The van der Waals surface area contributed by atoms with E-state index >= 15 is 0 Å². The van der Waals surface area contributed by atoms with Crippen LogP contribution in [0.4, 0.5) is 0 Å². The zero-order chi connectivity index (χ0) is 19.6. The minimum absolute atomic E-state index is 0.0227. The van der Waals surface area contributed by atoms with Crippen molar-refractivity contribution in [1.82, 2.24) is 10.2 Å². The van der Waals surface area contributed by atoms with Gasteiger partial charge in [-0.05, 0) is 29.7 Å². The van der Waals surface area contributed by atoms with Crippen LogP contribution in [-0.4, -0.2) is 29.3 Å². The zero-order valence-corrected chi connectivity index (χ0v) is 17.5. The summed E-state index contributed by atoms with van der Waals surface area (Å²) < 4.78 is 0.987. The molecule has 4 nitrogen and oxygen atoms in total. The molecule has 0 saturated carbocycles. The molecule has 0 radical (unpaired) electrons. The molecule has 2 aromatic carbocycles. The van der Waals surface area contributed by atoms with Crippen LogP contribution in [0.5, 0.6) is 0 Å². The van der Waals surface area contributed by atoms with E-state index in [2.05, 4.69) is 21.2 Å². The van der Waals surface area contributed by atoms with Gasteiger partial charge in [-0.2, -0.15) is 0 Å². The van der Waals surface area contributed by atoms with Gasteiger partial charge in [0.2, 0.25) is 11.8 Å². The van der Waals surface area contributed by atoms with E-state index in [1.807, 2.05) is 68.4 Å². The topological polar surface area (TPSA) is 49.4 Å². The molecule has 0 spiro atoms. The summed E-state index contributed by atoms with van der Waals surface area (Å²) in [5.74, 6) is -0.120. The Morgan fingerprint density at radius 1 is 1.00 bits per heavy atom. The maximum Gasteiger partial charge on any atom is 0.243 e. The lowest BCUT2D eigenvalue weighted by molar-refractivity contribution is -0.141. The third-order valence-corrected chi connectivity index (χ3v) is 4.92. The van der Waals surface area contributed by atoms with Crippen LogP contribution in [0.2, 0.25) is 0 Å². The number of rotatable bonds is 9. The summed E-state index contributed by atoms with van der Waals surface area (Å²) in [5.41, 5.74) is 2.04. The van der Waals surface area contributed by atoms with Crippen molar-refractivity contribution in [2.75, 3.05) is 6.54 Å². The second kappa shape index (κ2) is 10.9. The maximum atomic E-state index is 12.9. The van der Waals surface area contributed by atoms with E-state index in [0.717, 1.165) is 22.0 Å². The van der Waals surface area contributed by atoms with Crippen molar-refractivity contribution < 1.29 is 9.59 Å². The summed E-state index contributed by atoms with van der Waals surface area (Å²) in [5, 5.41) is 2.97. The van der Waals surface area contributed by atoms with E-state index < -0.39 is 6.04 Å². The molecule has 0 aliphatic heterocycles. The zero-order valence-electron chi connectivity index (χ0n) is 16.0. The molecule has 0 aliphatic rings. The molecule has 27 heavy (non-hydrogen) atoms. The molecule has 144 valence electrons. The second-order valence-electron chi connectivity index (χ2n) is 6.50. The van der Waals surface area contributed by atoms with E-state index in [0.29, 0.717) is 25.9 Å². The Hall–Kier alpha value is -2.14. The van der Waals surface area contributed by atoms with Crippen LogP contribution in [0.15, 0.2) is 59.1 Å². The molecule has 0 heterocycles. The monoisotopic (exact) mass is 430 g/mol. The largest absolute Gasteiger partial charge is 0.354 e. The van der Waals surface area contributed by atoms with Crippen LogP contribution in [0.1, 0.15) is 37.8 Å². The maximum absolute atomic E-state index is 12.9. The van der Waals surface area contributed by atoms with Crippen molar-refractivity contribution >= 4 is 27.7 Å². The van der Waals surface area contributed by atoms with Gasteiger partial charge < -0.3 is 10.2 Å². The molecule has 1 atom stereocenters. The van der Waals surface area contributed by atoms with Crippen molar-refractivity contribution in [3.8, 4) is 0 Å². The van der Waals surface area contributed by atoms with Gasteiger partial charge in [-0.3, -0.25) is 9.59 Å². The van der Waals surface area contributed by atoms with Crippen LogP contribution in [0.25, 0.3) is 0 Å². The van der Waals surface area contributed by atoms with Crippen molar-refractivity contribution in [1.29, 1.82) is 0 Å². The minimum Gasteiger partial charge on any atom is -0.354 e. The Kier molecular flexibility index (Phi) is 8.52. The van der Waals surface area contributed by atoms with Crippen molar-refractivity contribution in [3.63, 3.8) is 0 Å². The smallest absolute Gasteiger partial charge is 0.243 e. The van der Waals surface area contributed by atoms with Gasteiger partial charge in [0.15, 0.2) is 0 Å². The predicted molar refractivity (Wildman–Crippen MR) is 112 cm³/mol. The minimum atomic E-state index is -0.532. The molecule has 1 N–H and O–H groups in total. The second-order valence-corrected chi connectivity index (χ2v) is 7.41. The number of nitrogens with zero attached hydrogens (tertiary/aromatic N) is 1. The summed E-state index contributed by atoms with van der Waals surface area (Å²) in [6.07, 6.45) is 1.72. The number of hydrogen-bond acceptors (Lipinski definition) is 2. The first kappa shape index (κ1) is 21.2. The molecule has 0 bridgehead atoms. The van der Waals surface area contributed by atoms with Crippen molar-refractivity contribution in [3.05, 3.63) is 70.2 Å². The highest BCUT2D eigenvalue weighted by atomic mass is 79.9. The first-order valence-corrected chi connectivity index (χ1v) is 10.2. The Labute approximate surface area is 170 Å². The lowest BCUT2D eigenvalue weighted by atomic mass is 10.0. The van der Waals surface area contributed by atoms with Crippen LogP contribution < -0.4 is 5.32 Å². The SMILES string of the molecule is CCCNC(=O)[C@@H](Cc1ccccc1)N(Cc1ccc(Br)cc1)C(=O)CC. The van der Waals surface area contributed by atoms with Crippen molar-refractivity contribution in [2.24, 2.45) is 0 Å². The van der Waals surface area contributed by atoms with E-state index in [4.69, 9.17) is 0 Å². The van der Waals surface area contributed by atoms with E-state index in [1.165, 1.54) is 0 Å². The Morgan fingerprint density at radius 2 is 1.67 bits per heavy atom. The number of benzene rings is 2. The van der Waals surface area contributed by atoms with Crippen LogP contribution in [0.3, 0.4) is 0 Å². The highest BCUT2D eigenvalue weighted by Crippen LogP contribution is 2.17. The Balaban J connectivity index is 2.30. The van der Waals surface area contributed by atoms with Crippen LogP contribution >= 0.6 is 15.9 Å². The molecule has 2 amide bonds. The summed E-state index contributed by atoms with van der Waals surface area (Å²) in [6.45, 7) is 4.87. The molecule has 0 fully saturated rings. The van der Waals surface area contributed by atoms with Gasteiger partial charge >= 0.3 is 0 Å². The molecule has 0 saturated heterocycles. The van der Waals surface area contributed by atoms with E-state index in [9.17, 15) is 9.59 Å². The summed E-state index contributed by atoms with van der Waals surface area (Å²) in [7, 11) is 0. The summed E-state index contributed by atoms with van der Waals surface area (Å²) in [4.78, 5) is 27.3. The average Bonchev–Trinajstić information content (AvgIpc) is 2.70. The Morgan fingerprint density at radius 3 is 2.26 bits per heavy atom. The van der Waals surface area contributed by atoms with Gasteiger partial charge in [0, 0.05) is 30.4 Å². The number of nitrogens with one attached hydrogen (secondary N) is 1. The van der Waals surface area contributed by atoms with Gasteiger partial charge in [0.1, 0.15) is 6.04 Å². The molecular formula is C22H27BrN2O2. The van der Waals surface area contributed by atoms with E-state index in [-0.39, 0.29) is 11.8 Å². The molecule has 0 aliphatic carbocycles. The number of amides is 2. The van der Waals surface area contributed by atoms with Gasteiger partial charge in [0.25, 0.3) is 0 Å². The van der Waals surface area contributed by atoms with Crippen LogP contribution in [-0.2, 0) is 22.6 Å². The molecule has 0 aromatic heterocycles. The predicted octanol–water partition coefficient (Wildman–Crippen LogP) is 4.33. The van der Waals surface area contributed by atoms with Crippen molar-refractivity contribution in [2.45, 2.75) is 45.7 Å². The number of hydrogen-bond donors (Lipinski definition) is 1. The lowest BCUT2D eigenvalue weighted by Gasteiger charge is -2.31. The summed E-state index contributed by atoms with van der Waals surface area (Å²) in [6, 6.07) is 17.2. The first-order valence-electron chi connectivity index (χ1n) is 9.40. The van der Waals surface area contributed by atoms with Crippen LogP contribution in [0, 0.1) is 0 Å². The Bertz CT molecular complexity index is 732. The molecule has 2 aromatic rings. The molecule has 2 rings (SSSR count). The van der Waals surface area contributed by atoms with Gasteiger partial charge in [-0.1, -0.05) is 72.2 Å². The average molecular weight is 431 g/mol. The number of carbonyl (C=O) groups excluding carboxylic acids is 2. The fourth-order valence-corrected chi connectivity index (χ4v) is 3.17. The molecule has 0 unspecified atom stereocenters. The fraction of sp³-hybridized carbons (Fsp3) is 0.364. The van der Waals surface area contributed by atoms with Gasteiger partial charge in [0.05, 0.1) is 0 Å². The normalized spacial score (nSPS) is 11.7.